The van der Waals surface area contributed by atoms with Gasteiger partial charge in [-0.1, -0.05) is 63.5 Å². The van der Waals surface area contributed by atoms with Crippen molar-refractivity contribution >= 4 is 21.8 Å². The number of aryl methyl sites for hydroxylation is 1. The summed E-state index contributed by atoms with van der Waals surface area (Å²) in [6, 6.07) is 6.28. The second-order valence-electron chi connectivity index (χ2n) is 6.43. The van der Waals surface area contributed by atoms with Crippen molar-refractivity contribution in [2.75, 3.05) is 0 Å². The maximum absolute atomic E-state index is 13.3. The molecule has 0 aliphatic rings. The fourth-order valence-corrected chi connectivity index (χ4v) is 3.39. The van der Waals surface area contributed by atoms with Crippen LogP contribution in [0, 0.1) is 5.82 Å². The molecule has 0 aromatic heterocycles. The van der Waals surface area contributed by atoms with Gasteiger partial charge in [-0.15, -0.1) is 0 Å². The molecule has 0 atom stereocenters. The molecule has 2 aromatic carbocycles. The van der Waals surface area contributed by atoms with E-state index in [2.05, 4.69) is 0 Å². The van der Waals surface area contributed by atoms with E-state index in [4.69, 9.17) is 0 Å². The van der Waals surface area contributed by atoms with Crippen LogP contribution in [-0.4, -0.2) is 11.6 Å². The first-order chi connectivity index (χ1) is 12.7. The van der Waals surface area contributed by atoms with E-state index < -0.39 is 38.1 Å². The summed E-state index contributed by atoms with van der Waals surface area (Å²) in [7, 11) is -10.3. The van der Waals surface area contributed by atoms with Crippen LogP contribution in [0.15, 0.2) is 47.4 Å². The Hall–Kier alpha value is -2.29. The summed E-state index contributed by atoms with van der Waals surface area (Å²) < 4.78 is 77.9. The van der Waals surface area contributed by atoms with Crippen LogP contribution in [0.3, 0.4) is 0 Å². The smallest absolute Gasteiger partial charge is 0.285 e. The molecule has 0 heterocycles. The van der Waals surface area contributed by atoms with Crippen LogP contribution in [0.25, 0.3) is 0 Å². The van der Waals surface area contributed by atoms with Crippen molar-refractivity contribution in [1.82, 2.24) is 0 Å². The molecule has 0 fully saturated rings. The largest absolute Gasteiger partial charge is 0.313 e. The van der Waals surface area contributed by atoms with Crippen LogP contribution in [-0.2, 0) is 6.42 Å². The van der Waals surface area contributed by atoms with E-state index in [-0.39, 0.29) is 17.7 Å². The summed E-state index contributed by atoms with van der Waals surface area (Å²) in [5.41, 5.74) is -0.133. The summed E-state index contributed by atoms with van der Waals surface area (Å²) in [6.07, 6.45) is 3.76. The maximum Gasteiger partial charge on any atom is 0.313 e. The lowest BCUT2D eigenvalue weighted by atomic mass is 9.99. The van der Waals surface area contributed by atoms with Crippen LogP contribution in [0.1, 0.15) is 52.5 Å². The van der Waals surface area contributed by atoms with Gasteiger partial charge in [0.2, 0.25) is 11.6 Å². The second-order valence-corrected chi connectivity index (χ2v) is 8.80. The molecule has 0 saturated carbocycles. The molecular weight excluding hydrogens is 406 g/mol. The highest BCUT2D eigenvalue weighted by molar-refractivity contribution is 8.45. The molecule has 0 unspecified atom stereocenters. The van der Waals surface area contributed by atoms with E-state index in [0.717, 1.165) is 31.2 Å². The Morgan fingerprint density at radius 1 is 0.821 bits per heavy atom. The molecule has 2 aromatic rings. The lowest BCUT2D eigenvalue weighted by molar-refractivity contribution is 0.0816. The molecule has 0 N–H and O–H groups in total. The third kappa shape index (κ3) is 5.37. The van der Waals surface area contributed by atoms with Gasteiger partial charge < -0.3 is 0 Å². The molecule has 9 heteroatoms. The van der Waals surface area contributed by atoms with Crippen LogP contribution in [0.2, 0.25) is 0 Å². The molecule has 0 bridgehead atoms. The van der Waals surface area contributed by atoms with Gasteiger partial charge >= 0.3 is 10.2 Å². The van der Waals surface area contributed by atoms with E-state index in [1.54, 1.807) is 12.1 Å². The zero-order valence-electron chi connectivity index (χ0n) is 14.9. The Morgan fingerprint density at radius 3 is 1.89 bits per heavy atom. The second kappa shape index (κ2) is 6.95. The molecule has 0 spiro atoms. The number of hydrogen-bond donors (Lipinski definition) is 0. The number of ketones is 2. The van der Waals surface area contributed by atoms with Gasteiger partial charge in [0.1, 0.15) is 10.7 Å². The molecule has 0 aliphatic carbocycles. The molecule has 0 radical (unpaired) electrons. The minimum Gasteiger partial charge on any atom is -0.285 e. The highest BCUT2D eigenvalue weighted by Gasteiger charge is 2.67. The Kier molecular flexibility index (Phi) is 5.46. The molecular formula is C19H18F6O2S. The van der Waals surface area contributed by atoms with Gasteiger partial charge in [0, 0.05) is 11.1 Å². The molecule has 0 amide bonds. The minimum absolute atomic E-state index is 0.0949. The van der Waals surface area contributed by atoms with E-state index in [1.165, 1.54) is 12.1 Å². The topological polar surface area (TPSA) is 34.1 Å². The minimum atomic E-state index is -10.3. The van der Waals surface area contributed by atoms with E-state index in [1.807, 2.05) is 6.92 Å². The summed E-state index contributed by atoms with van der Waals surface area (Å²) >= 11 is 0. The van der Waals surface area contributed by atoms with Gasteiger partial charge in [-0.3, -0.25) is 9.59 Å². The first kappa shape index (κ1) is 22.0. The molecule has 2 rings (SSSR count). The predicted molar refractivity (Wildman–Crippen MR) is 96.1 cm³/mol. The zero-order valence-corrected chi connectivity index (χ0v) is 15.7. The summed E-state index contributed by atoms with van der Waals surface area (Å²) in [5.74, 6) is -4.80. The number of benzene rings is 2. The van der Waals surface area contributed by atoms with Gasteiger partial charge in [0.25, 0.3) is 0 Å². The predicted octanol–water partition coefficient (Wildman–Crippen LogP) is 7.28. The van der Waals surface area contributed by atoms with E-state index in [9.17, 15) is 33.4 Å². The van der Waals surface area contributed by atoms with Crippen molar-refractivity contribution < 1.29 is 33.4 Å². The Labute approximate surface area is 158 Å². The monoisotopic (exact) mass is 424 g/mol. The van der Waals surface area contributed by atoms with E-state index in [0.29, 0.717) is 6.07 Å². The highest BCUT2D eigenvalue weighted by Crippen LogP contribution is 3.02. The molecule has 2 nitrogen and oxygen atoms in total. The lowest BCUT2D eigenvalue weighted by Crippen LogP contribution is -2.16. The maximum atomic E-state index is 13.3. The Bertz CT molecular complexity index is 905. The van der Waals surface area contributed by atoms with Crippen molar-refractivity contribution in [3.8, 4) is 0 Å². The van der Waals surface area contributed by atoms with Gasteiger partial charge in [0.05, 0.1) is 0 Å². The van der Waals surface area contributed by atoms with Crippen molar-refractivity contribution in [2.24, 2.45) is 0 Å². The van der Waals surface area contributed by atoms with Crippen LogP contribution in [0.4, 0.5) is 23.8 Å². The first-order valence-electron chi connectivity index (χ1n) is 8.44. The number of rotatable bonds is 8. The van der Waals surface area contributed by atoms with Crippen LogP contribution < -0.4 is 0 Å². The molecule has 0 aliphatic heterocycles. The normalized spacial score (nSPS) is 14.2. The number of Topliss-reactive ketones (excluding diaryl/α,β-unsaturated/α-hetero) is 2. The van der Waals surface area contributed by atoms with Gasteiger partial charge in [-0.2, -0.15) is 0 Å². The fourth-order valence-electron chi connectivity index (χ4n) is 2.60. The standard InChI is InChI=1S/C19H18F6O2S/c1-2-3-4-5-13-6-8-14(9-7-13)18(26)19(27)15-10-11-16(20)17(12-15)28(21,22,23,24)25/h6-12H,2-5H2,1H3. The Morgan fingerprint density at radius 2 is 1.36 bits per heavy atom. The molecule has 0 saturated heterocycles. The van der Waals surface area contributed by atoms with Crippen LogP contribution >= 0.6 is 10.2 Å². The molecule has 154 valence electrons. The first-order valence-corrected chi connectivity index (χ1v) is 10.4. The fraction of sp³-hybridized carbons (Fsp3) is 0.263. The average molecular weight is 424 g/mol. The summed E-state index contributed by atoms with van der Waals surface area (Å²) in [4.78, 5) is 21.6. The van der Waals surface area contributed by atoms with E-state index >= 15 is 0 Å². The third-order valence-electron chi connectivity index (χ3n) is 4.10. The highest BCUT2D eigenvalue weighted by atomic mass is 32.5. The summed E-state index contributed by atoms with van der Waals surface area (Å²) in [6.45, 7) is 2.05. The van der Waals surface area contributed by atoms with Gasteiger partial charge in [-0.05, 0) is 36.6 Å². The number of hydrogen-bond acceptors (Lipinski definition) is 2. The number of carbonyl (C=O) groups excluding carboxylic acids is 2. The Balaban J connectivity index is 2.28. The SMILES string of the molecule is CCCCCc1ccc(C(=O)C(=O)c2ccc(F)c(S(F)(F)(F)(F)F)c2)cc1. The van der Waals surface area contributed by atoms with Crippen molar-refractivity contribution in [3.63, 3.8) is 0 Å². The number of carbonyl (C=O) groups is 2. The number of halogens is 6. The lowest BCUT2D eigenvalue weighted by Gasteiger charge is -2.40. The van der Waals surface area contributed by atoms with Crippen LogP contribution in [0.5, 0.6) is 0 Å². The van der Waals surface area contributed by atoms with Crippen molar-refractivity contribution in [1.29, 1.82) is 0 Å². The average Bonchev–Trinajstić information content (AvgIpc) is 2.59. The third-order valence-corrected chi connectivity index (χ3v) is 5.24. The molecule has 28 heavy (non-hydrogen) atoms. The number of unbranched alkanes of at least 4 members (excludes halogenated alkanes) is 2. The van der Waals surface area contributed by atoms with Crippen molar-refractivity contribution in [2.45, 2.75) is 37.5 Å². The zero-order chi connectivity index (χ0) is 21.2. The van der Waals surface area contributed by atoms with Gasteiger partial charge in [0.15, 0.2) is 0 Å². The summed E-state index contributed by atoms with van der Waals surface area (Å²) in [5, 5.41) is 0. The van der Waals surface area contributed by atoms with Crippen molar-refractivity contribution in [3.05, 3.63) is 65.0 Å². The quantitative estimate of drug-likeness (QED) is 0.193. The van der Waals surface area contributed by atoms with Gasteiger partial charge in [-0.25, -0.2) is 4.39 Å².